The van der Waals surface area contributed by atoms with Crippen LogP contribution in [0.25, 0.3) is 0 Å². The maximum absolute atomic E-state index is 11.5. The molecule has 40 heavy (non-hydrogen) atoms. The summed E-state index contributed by atoms with van der Waals surface area (Å²) in [5.74, 6) is -0.0541. The average molecular weight is 561 g/mol. The number of nitrogens with one attached hydrogen (secondary N) is 1. The first kappa shape index (κ1) is 28.7. The lowest BCUT2D eigenvalue weighted by Gasteiger charge is -2.46. The van der Waals surface area contributed by atoms with Gasteiger partial charge in [0.1, 0.15) is 6.10 Å². The fraction of sp³-hybridized carbons (Fsp3) is 0.424. The molecule has 6 nitrogen and oxygen atoms in total. The molecule has 0 bridgehead atoms. The first-order valence-electron chi connectivity index (χ1n) is 14.3. The second-order valence-corrected chi connectivity index (χ2v) is 11.1. The summed E-state index contributed by atoms with van der Waals surface area (Å²) in [5.41, 5.74) is 3.28. The van der Waals surface area contributed by atoms with Crippen molar-refractivity contribution in [2.24, 2.45) is 5.92 Å². The van der Waals surface area contributed by atoms with E-state index in [9.17, 15) is 5.11 Å². The smallest absolute Gasteiger partial charge is 0.169 e. The Hall–Kier alpha value is -2.81. The molecule has 5 atom stereocenters. The predicted octanol–water partition coefficient (Wildman–Crippen LogP) is 5.09. The van der Waals surface area contributed by atoms with Crippen molar-refractivity contribution >= 4 is 17.3 Å². The molecule has 5 unspecified atom stereocenters. The van der Waals surface area contributed by atoms with Crippen LogP contribution in [0.4, 0.5) is 0 Å². The molecular formula is C33H40N2O4S. The minimum absolute atomic E-state index is 0.0541. The van der Waals surface area contributed by atoms with Gasteiger partial charge in [-0.25, -0.2) is 0 Å². The second-order valence-electron chi connectivity index (χ2n) is 10.8. The van der Waals surface area contributed by atoms with Gasteiger partial charge in [0, 0.05) is 19.0 Å². The number of hydrogen-bond acceptors (Lipinski definition) is 5. The van der Waals surface area contributed by atoms with Gasteiger partial charge in [0.05, 0.1) is 44.7 Å². The van der Waals surface area contributed by atoms with Gasteiger partial charge in [-0.1, -0.05) is 91.0 Å². The van der Waals surface area contributed by atoms with Crippen LogP contribution < -0.4 is 5.32 Å². The molecule has 1 aliphatic carbocycles. The van der Waals surface area contributed by atoms with Crippen LogP contribution in [0.15, 0.2) is 91.0 Å². The number of benzene rings is 3. The van der Waals surface area contributed by atoms with Crippen molar-refractivity contribution in [3.8, 4) is 0 Å². The number of rotatable bonds is 11. The Balaban J connectivity index is 1.36. The molecule has 3 aromatic rings. The van der Waals surface area contributed by atoms with Gasteiger partial charge in [0.2, 0.25) is 0 Å². The summed E-state index contributed by atoms with van der Waals surface area (Å²) < 4.78 is 19.5. The van der Waals surface area contributed by atoms with Gasteiger partial charge in [0.15, 0.2) is 5.11 Å². The lowest BCUT2D eigenvalue weighted by Crippen LogP contribution is -2.63. The first-order chi connectivity index (χ1) is 19.7. The molecule has 3 aromatic carbocycles. The van der Waals surface area contributed by atoms with E-state index in [-0.39, 0.29) is 12.0 Å². The lowest BCUT2D eigenvalue weighted by molar-refractivity contribution is -0.172. The van der Waals surface area contributed by atoms with E-state index in [0.717, 1.165) is 42.6 Å². The highest BCUT2D eigenvalue weighted by Gasteiger charge is 2.46. The zero-order valence-corrected chi connectivity index (χ0v) is 23.8. The molecule has 0 radical (unpaired) electrons. The highest BCUT2D eigenvalue weighted by Crippen LogP contribution is 2.32. The Bertz CT molecular complexity index is 1160. The largest absolute Gasteiger partial charge is 0.391 e. The minimum atomic E-state index is -0.664. The molecule has 2 aliphatic rings. The van der Waals surface area contributed by atoms with Gasteiger partial charge in [0.25, 0.3) is 0 Å². The molecule has 0 aromatic heterocycles. The van der Waals surface area contributed by atoms with E-state index >= 15 is 0 Å². The number of likely N-dealkylation sites (tertiary alicyclic amines) is 1. The minimum Gasteiger partial charge on any atom is -0.391 e. The zero-order valence-electron chi connectivity index (χ0n) is 22.9. The zero-order chi connectivity index (χ0) is 27.6. The van der Waals surface area contributed by atoms with Gasteiger partial charge in [-0.2, -0.15) is 0 Å². The van der Waals surface area contributed by atoms with Crippen molar-refractivity contribution in [3.05, 3.63) is 108 Å². The third-order valence-corrected chi connectivity index (χ3v) is 8.17. The van der Waals surface area contributed by atoms with Gasteiger partial charge in [-0.15, -0.1) is 0 Å². The standard InChI is InChI=1S/C33H40N2O4S/c36-29-20-28(24-37-21-25-12-4-1-5-13-25)31(38-22-26-14-6-2-7-15-26)32(39-23-27-16-8-3-9-17-27)30(29)34-33(40)35-18-10-11-19-35/h1-9,12-17,28-32,36H,10-11,18-24H2,(H,34,40). The Morgan fingerprint density at radius 1 is 0.750 bits per heavy atom. The third kappa shape index (κ3) is 7.89. The molecule has 1 saturated heterocycles. The summed E-state index contributed by atoms with van der Waals surface area (Å²) >= 11 is 5.79. The molecule has 2 N–H and O–H groups in total. The molecular weight excluding hydrogens is 520 g/mol. The molecule has 0 spiro atoms. The summed E-state index contributed by atoms with van der Waals surface area (Å²) in [6, 6.07) is 30.1. The number of aliphatic hydroxyl groups is 1. The van der Waals surface area contributed by atoms with E-state index in [1.165, 1.54) is 0 Å². The summed E-state index contributed by atoms with van der Waals surface area (Å²) in [5, 5.41) is 15.7. The van der Waals surface area contributed by atoms with Crippen LogP contribution >= 0.6 is 12.2 Å². The van der Waals surface area contributed by atoms with Crippen LogP contribution in [0.3, 0.4) is 0 Å². The first-order valence-corrected chi connectivity index (χ1v) is 14.7. The Morgan fingerprint density at radius 2 is 1.25 bits per heavy atom. The number of hydrogen-bond donors (Lipinski definition) is 2. The Morgan fingerprint density at radius 3 is 1.80 bits per heavy atom. The summed E-state index contributed by atoms with van der Waals surface area (Å²) in [6.07, 6.45) is 1.39. The van der Waals surface area contributed by atoms with Crippen LogP contribution in [0, 0.1) is 5.92 Å². The van der Waals surface area contributed by atoms with Crippen LogP contribution in [-0.2, 0) is 34.0 Å². The Kier molecular flexibility index (Phi) is 10.6. The van der Waals surface area contributed by atoms with Crippen molar-refractivity contribution in [3.63, 3.8) is 0 Å². The van der Waals surface area contributed by atoms with E-state index in [2.05, 4.69) is 46.6 Å². The molecule has 1 heterocycles. The highest BCUT2D eigenvalue weighted by molar-refractivity contribution is 7.80. The highest BCUT2D eigenvalue weighted by atomic mass is 32.1. The Labute approximate surface area is 243 Å². The summed E-state index contributed by atoms with van der Waals surface area (Å²) in [4.78, 5) is 2.19. The van der Waals surface area contributed by atoms with Crippen LogP contribution in [-0.4, -0.2) is 59.2 Å². The molecule has 212 valence electrons. The number of ether oxygens (including phenoxy) is 3. The number of nitrogens with zero attached hydrogens (tertiary/aromatic N) is 1. The van der Waals surface area contributed by atoms with Crippen molar-refractivity contribution in [1.82, 2.24) is 10.2 Å². The van der Waals surface area contributed by atoms with Crippen LogP contribution in [0.5, 0.6) is 0 Å². The summed E-state index contributed by atoms with van der Waals surface area (Å²) in [7, 11) is 0. The average Bonchev–Trinajstić information content (AvgIpc) is 3.54. The van der Waals surface area contributed by atoms with Crippen molar-refractivity contribution in [2.75, 3.05) is 19.7 Å². The van der Waals surface area contributed by atoms with E-state index in [1.54, 1.807) is 0 Å². The van der Waals surface area contributed by atoms with E-state index < -0.39 is 18.2 Å². The summed E-state index contributed by atoms with van der Waals surface area (Å²) in [6.45, 7) is 3.71. The van der Waals surface area contributed by atoms with Crippen molar-refractivity contribution < 1.29 is 19.3 Å². The fourth-order valence-corrected chi connectivity index (χ4v) is 5.96. The molecule has 1 saturated carbocycles. The fourth-order valence-electron chi connectivity index (χ4n) is 5.64. The van der Waals surface area contributed by atoms with Gasteiger partial charge in [-0.05, 0) is 48.2 Å². The van der Waals surface area contributed by atoms with Crippen LogP contribution in [0.2, 0.25) is 0 Å². The maximum atomic E-state index is 11.5. The van der Waals surface area contributed by atoms with Crippen molar-refractivity contribution in [2.45, 2.75) is 63.4 Å². The quantitative estimate of drug-likeness (QED) is 0.317. The molecule has 7 heteroatoms. The van der Waals surface area contributed by atoms with Gasteiger partial charge in [-0.3, -0.25) is 0 Å². The van der Waals surface area contributed by atoms with Crippen LogP contribution in [0.1, 0.15) is 36.0 Å². The number of aliphatic hydroxyl groups excluding tert-OH is 1. The molecule has 0 amide bonds. The van der Waals surface area contributed by atoms with Crippen molar-refractivity contribution in [1.29, 1.82) is 0 Å². The topological polar surface area (TPSA) is 63.2 Å². The predicted molar refractivity (Wildman–Crippen MR) is 161 cm³/mol. The van der Waals surface area contributed by atoms with Gasteiger partial charge >= 0.3 is 0 Å². The lowest BCUT2D eigenvalue weighted by atomic mass is 9.79. The van der Waals surface area contributed by atoms with Gasteiger partial charge < -0.3 is 29.5 Å². The van der Waals surface area contributed by atoms with E-state index in [0.29, 0.717) is 38.0 Å². The maximum Gasteiger partial charge on any atom is 0.169 e. The van der Waals surface area contributed by atoms with E-state index in [4.69, 9.17) is 26.4 Å². The molecule has 2 fully saturated rings. The normalized spacial score (nSPS) is 24.6. The molecule has 1 aliphatic heterocycles. The third-order valence-electron chi connectivity index (χ3n) is 7.80. The number of thiocarbonyl (C=S) groups is 1. The molecule has 5 rings (SSSR count). The SMILES string of the molecule is OC1CC(COCc2ccccc2)C(OCc2ccccc2)C(OCc2ccccc2)C1NC(=S)N1CCCC1. The second kappa shape index (κ2) is 14.7. The van der Waals surface area contributed by atoms with E-state index in [1.807, 2.05) is 54.6 Å². The monoisotopic (exact) mass is 560 g/mol.